The molecule has 0 aliphatic carbocycles. The Morgan fingerprint density at radius 2 is 2.24 bits per heavy atom. The minimum absolute atomic E-state index is 0.118. The van der Waals surface area contributed by atoms with E-state index in [1.807, 2.05) is 0 Å². The molecule has 1 saturated heterocycles. The number of nitrogens with zero attached hydrogens (tertiary/aromatic N) is 2. The number of carbonyl (C=O) groups excluding carboxylic acids is 2. The maximum absolute atomic E-state index is 14.5. The lowest BCUT2D eigenvalue weighted by molar-refractivity contribution is -0.123. The van der Waals surface area contributed by atoms with Crippen LogP contribution >= 0.6 is 0 Å². The zero-order chi connectivity index (χ0) is 18.0. The predicted octanol–water partition coefficient (Wildman–Crippen LogP) is 2.28. The van der Waals surface area contributed by atoms with Crippen LogP contribution in [0.25, 0.3) is 11.1 Å². The van der Waals surface area contributed by atoms with Crippen molar-refractivity contribution in [3.63, 3.8) is 0 Å². The van der Waals surface area contributed by atoms with Crippen molar-refractivity contribution in [3.05, 3.63) is 42.3 Å². The molecule has 8 heteroatoms. The average molecular weight is 344 g/mol. The number of ether oxygens (including phenoxy) is 1. The van der Waals surface area contributed by atoms with Gasteiger partial charge in [-0.1, -0.05) is 6.92 Å². The fraction of sp³-hybridized carbons (Fsp3) is 0.235. The summed E-state index contributed by atoms with van der Waals surface area (Å²) in [5.74, 6) is -0.379. The molecule has 3 N–H and O–H groups in total. The number of nitrogens with one attached hydrogen (secondary N) is 1. The third-order valence-corrected chi connectivity index (χ3v) is 3.82. The topological polar surface area (TPSA) is 97.5 Å². The van der Waals surface area contributed by atoms with Crippen molar-refractivity contribution in [2.75, 3.05) is 17.2 Å². The molecule has 2 aromatic rings. The van der Waals surface area contributed by atoms with Crippen molar-refractivity contribution in [1.29, 1.82) is 0 Å². The molecule has 0 radical (unpaired) electrons. The molecule has 1 fully saturated rings. The summed E-state index contributed by atoms with van der Waals surface area (Å²) >= 11 is 0. The Labute approximate surface area is 143 Å². The predicted molar refractivity (Wildman–Crippen MR) is 90.1 cm³/mol. The Hall–Kier alpha value is -3.16. The van der Waals surface area contributed by atoms with E-state index in [1.165, 1.54) is 17.2 Å². The lowest BCUT2D eigenvalue weighted by Crippen LogP contribution is -2.37. The molecule has 0 spiro atoms. The number of nitrogen functional groups attached to an aromatic ring is 1. The number of hydrogen-bond acceptors (Lipinski definition) is 5. The molecule has 1 aliphatic rings. The molecule has 1 aliphatic heterocycles. The van der Waals surface area contributed by atoms with Crippen LogP contribution < -0.4 is 16.0 Å². The van der Waals surface area contributed by atoms with E-state index in [1.54, 1.807) is 31.2 Å². The Morgan fingerprint density at radius 3 is 2.88 bits per heavy atom. The minimum atomic E-state index is -0.746. The first-order valence-electron chi connectivity index (χ1n) is 7.77. The number of benzene rings is 1. The number of amides is 2. The number of cyclic esters (lactones) is 1. The smallest absolute Gasteiger partial charge is 0.416 e. The van der Waals surface area contributed by atoms with Gasteiger partial charge in [-0.05, 0) is 30.3 Å². The number of aromatic nitrogens is 1. The van der Waals surface area contributed by atoms with Gasteiger partial charge in [-0.3, -0.25) is 9.69 Å². The number of halogens is 1. The zero-order valence-corrected chi connectivity index (χ0v) is 13.5. The summed E-state index contributed by atoms with van der Waals surface area (Å²) in [5, 5.41) is 2.58. The van der Waals surface area contributed by atoms with Gasteiger partial charge >= 0.3 is 6.09 Å². The summed E-state index contributed by atoms with van der Waals surface area (Å²) in [7, 11) is 0. The van der Waals surface area contributed by atoms with Crippen LogP contribution in [-0.2, 0) is 9.53 Å². The monoisotopic (exact) mass is 344 g/mol. The van der Waals surface area contributed by atoms with Gasteiger partial charge < -0.3 is 15.8 Å². The number of hydrogen-bond donors (Lipinski definition) is 2. The number of anilines is 2. The van der Waals surface area contributed by atoms with E-state index in [0.717, 1.165) is 0 Å². The summed E-state index contributed by atoms with van der Waals surface area (Å²) in [4.78, 5) is 28.6. The molecular formula is C17H17FN4O3. The van der Waals surface area contributed by atoms with Crippen LogP contribution in [0.5, 0.6) is 0 Å². The fourth-order valence-electron chi connectivity index (χ4n) is 2.50. The van der Waals surface area contributed by atoms with Gasteiger partial charge in [-0.2, -0.15) is 0 Å². The van der Waals surface area contributed by atoms with Crippen LogP contribution in [0.15, 0.2) is 36.5 Å². The second-order valence-corrected chi connectivity index (χ2v) is 5.54. The first-order chi connectivity index (χ1) is 12.0. The molecule has 3 rings (SSSR count). The highest BCUT2D eigenvalue weighted by Gasteiger charge is 2.33. The molecule has 2 amide bonds. The molecule has 1 aromatic heterocycles. The highest BCUT2D eigenvalue weighted by molar-refractivity contribution is 5.90. The molecule has 1 aromatic carbocycles. The normalized spacial score (nSPS) is 16.6. The largest absolute Gasteiger partial charge is 0.423 e. The minimum Gasteiger partial charge on any atom is -0.423 e. The van der Waals surface area contributed by atoms with Crippen molar-refractivity contribution in [3.8, 4) is 11.1 Å². The molecule has 7 nitrogen and oxygen atoms in total. The summed E-state index contributed by atoms with van der Waals surface area (Å²) in [6.07, 6.45) is 0.382. The van der Waals surface area contributed by atoms with Gasteiger partial charge in [0.1, 0.15) is 11.6 Å². The summed E-state index contributed by atoms with van der Waals surface area (Å²) < 4.78 is 19.5. The highest BCUT2D eigenvalue weighted by Crippen LogP contribution is 2.28. The van der Waals surface area contributed by atoms with Gasteiger partial charge in [0, 0.05) is 23.7 Å². The van der Waals surface area contributed by atoms with Crippen LogP contribution in [0.1, 0.15) is 13.3 Å². The van der Waals surface area contributed by atoms with Crippen molar-refractivity contribution < 1.29 is 18.7 Å². The van der Waals surface area contributed by atoms with E-state index in [9.17, 15) is 14.0 Å². The standard InChI is InChI=1S/C17H17FN4O3/c1-2-15(23)21-16-9-22(17(24)25-16)11-4-5-12(13(18)7-11)10-3-6-14(19)20-8-10/h3-8,16H,2,9H2,1H3,(H2,19,20)(H,21,23). The Bertz CT molecular complexity index is 810. The molecule has 1 atom stereocenters. The lowest BCUT2D eigenvalue weighted by Gasteiger charge is -2.14. The third-order valence-electron chi connectivity index (χ3n) is 3.82. The lowest BCUT2D eigenvalue weighted by atomic mass is 10.1. The highest BCUT2D eigenvalue weighted by atomic mass is 19.1. The molecule has 2 heterocycles. The maximum Gasteiger partial charge on any atom is 0.416 e. The van der Waals surface area contributed by atoms with Crippen molar-refractivity contribution in [2.24, 2.45) is 0 Å². The van der Waals surface area contributed by atoms with Crippen LogP contribution in [0.2, 0.25) is 0 Å². The van der Waals surface area contributed by atoms with E-state index >= 15 is 0 Å². The number of pyridine rings is 1. The van der Waals surface area contributed by atoms with Gasteiger partial charge in [0.05, 0.1) is 12.2 Å². The second kappa shape index (κ2) is 6.76. The SMILES string of the molecule is CCC(=O)NC1CN(c2ccc(-c3ccc(N)nc3)c(F)c2)C(=O)O1. The summed E-state index contributed by atoms with van der Waals surface area (Å²) in [6.45, 7) is 1.82. The van der Waals surface area contributed by atoms with E-state index in [4.69, 9.17) is 10.5 Å². The third kappa shape index (κ3) is 3.52. The number of nitrogens with two attached hydrogens (primary N) is 1. The van der Waals surface area contributed by atoms with Gasteiger partial charge in [-0.15, -0.1) is 0 Å². The Kier molecular flexibility index (Phi) is 4.51. The molecule has 25 heavy (non-hydrogen) atoms. The fourth-order valence-corrected chi connectivity index (χ4v) is 2.50. The van der Waals surface area contributed by atoms with E-state index in [2.05, 4.69) is 10.3 Å². The van der Waals surface area contributed by atoms with Crippen LogP contribution in [0.3, 0.4) is 0 Å². The van der Waals surface area contributed by atoms with Crippen molar-refractivity contribution >= 4 is 23.5 Å². The zero-order valence-electron chi connectivity index (χ0n) is 13.5. The van der Waals surface area contributed by atoms with Gasteiger partial charge in [0.2, 0.25) is 5.91 Å². The summed E-state index contributed by atoms with van der Waals surface area (Å²) in [5.41, 5.74) is 6.81. The molecule has 130 valence electrons. The molecule has 0 saturated carbocycles. The Morgan fingerprint density at radius 1 is 1.44 bits per heavy atom. The molecular weight excluding hydrogens is 327 g/mol. The van der Waals surface area contributed by atoms with Crippen molar-refractivity contribution in [2.45, 2.75) is 19.6 Å². The summed E-state index contributed by atoms with van der Waals surface area (Å²) in [6, 6.07) is 7.67. The average Bonchev–Trinajstić information content (AvgIpc) is 2.96. The first kappa shape index (κ1) is 16.7. The van der Waals surface area contributed by atoms with Gasteiger partial charge in [0.15, 0.2) is 6.23 Å². The van der Waals surface area contributed by atoms with E-state index in [0.29, 0.717) is 22.6 Å². The van der Waals surface area contributed by atoms with Crippen LogP contribution in [0.4, 0.5) is 20.7 Å². The molecule has 0 bridgehead atoms. The van der Waals surface area contributed by atoms with Crippen molar-refractivity contribution in [1.82, 2.24) is 10.3 Å². The maximum atomic E-state index is 14.5. The van der Waals surface area contributed by atoms with Crippen LogP contribution in [-0.4, -0.2) is 29.8 Å². The van der Waals surface area contributed by atoms with Gasteiger partial charge in [-0.25, -0.2) is 14.2 Å². The van der Waals surface area contributed by atoms with Gasteiger partial charge in [0.25, 0.3) is 0 Å². The van der Waals surface area contributed by atoms with E-state index in [-0.39, 0.29) is 18.9 Å². The Balaban J connectivity index is 1.80. The quantitative estimate of drug-likeness (QED) is 0.887. The first-order valence-corrected chi connectivity index (χ1v) is 7.77. The second-order valence-electron chi connectivity index (χ2n) is 5.54. The van der Waals surface area contributed by atoms with E-state index < -0.39 is 18.1 Å². The van der Waals surface area contributed by atoms with Crippen LogP contribution in [0, 0.1) is 5.82 Å². The number of rotatable bonds is 4. The number of carbonyl (C=O) groups is 2. The molecule has 1 unspecified atom stereocenters.